The predicted octanol–water partition coefficient (Wildman–Crippen LogP) is 2.12. The van der Waals surface area contributed by atoms with Crippen LogP contribution in [0.3, 0.4) is 0 Å². The molecule has 0 aromatic heterocycles. The number of ether oxygens (including phenoxy) is 3. The van der Waals surface area contributed by atoms with Gasteiger partial charge in [-0.15, -0.1) is 0 Å². The van der Waals surface area contributed by atoms with Crippen molar-refractivity contribution in [1.29, 1.82) is 0 Å². The fourth-order valence-corrected chi connectivity index (χ4v) is 3.88. The van der Waals surface area contributed by atoms with Crippen molar-refractivity contribution in [2.24, 2.45) is 11.8 Å². The quantitative estimate of drug-likeness (QED) is 0.458. The molecule has 0 spiro atoms. The molecule has 1 amide bonds. The fourth-order valence-electron chi connectivity index (χ4n) is 2.95. The van der Waals surface area contributed by atoms with Crippen molar-refractivity contribution in [2.45, 2.75) is 46.1 Å². The number of sulfonamides is 1. The van der Waals surface area contributed by atoms with Gasteiger partial charge in [0, 0.05) is 12.5 Å². The van der Waals surface area contributed by atoms with Crippen molar-refractivity contribution in [3.63, 3.8) is 0 Å². The lowest BCUT2D eigenvalue weighted by Gasteiger charge is -2.21. The molecule has 1 unspecified atom stereocenters. The molecule has 1 aliphatic rings. The zero-order valence-electron chi connectivity index (χ0n) is 19.5. The average molecular weight is 467 g/mol. The monoisotopic (exact) mass is 466 g/mol. The van der Waals surface area contributed by atoms with Gasteiger partial charge in [-0.25, -0.2) is 13.1 Å². The summed E-state index contributed by atoms with van der Waals surface area (Å²) in [5, 5.41) is 2.81. The lowest BCUT2D eigenvalue weighted by atomic mass is 10.0. The van der Waals surface area contributed by atoms with Gasteiger partial charge < -0.3 is 19.5 Å². The van der Waals surface area contributed by atoms with Crippen LogP contribution in [0.1, 0.15) is 39.2 Å². The van der Waals surface area contributed by atoms with Crippen LogP contribution in [0.15, 0.2) is 12.1 Å². The summed E-state index contributed by atoms with van der Waals surface area (Å²) in [5.41, 5.74) is 0.880. The van der Waals surface area contributed by atoms with E-state index >= 15 is 0 Å². The first-order valence-corrected chi connectivity index (χ1v) is 12.5. The van der Waals surface area contributed by atoms with Crippen molar-refractivity contribution in [1.82, 2.24) is 10.0 Å². The van der Waals surface area contributed by atoms with E-state index in [-0.39, 0.29) is 24.2 Å². The summed E-state index contributed by atoms with van der Waals surface area (Å²) in [5.74, 6) is 7.59. The largest absolute Gasteiger partial charge is 0.493 e. The first kappa shape index (κ1) is 25.8. The summed E-state index contributed by atoms with van der Waals surface area (Å²) in [6, 6.07) is 2.84. The lowest BCUT2D eigenvalue weighted by molar-refractivity contribution is -0.123. The topological polar surface area (TPSA) is 103 Å². The summed E-state index contributed by atoms with van der Waals surface area (Å²) in [6.07, 6.45) is 2.83. The molecule has 0 aliphatic heterocycles. The first-order valence-electron chi connectivity index (χ1n) is 10.8. The van der Waals surface area contributed by atoms with Gasteiger partial charge in [0.15, 0.2) is 11.5 Å². The Morgan fingerprint density at radius 3 is 2.31 bits per heavy atom. The van der Waals surface area contributed by atoms with Gasteiger partial charge in [-0.05, 0) is 49.8 Å². The minimum atomic E-state index is -3.49. The second kappa shape index (κ2) is 12.0. The second-order valence-electron chi connectivity index (χ2n) is 8.00. The van der Waals surface area contributed by atoms with Crippen LogP contribution in [0, 0.1) is 23.7 Å². The summed E-state index contributed by atoms with van der Waals surface area (Å²) in [4.78, 5) is 12.5. The van der Waals surface area contributed by atoms with E-state index in [9.17, 15) is 13.2 Å². The molecule has 1 saturated carbocycles. The fraction of sp³-hybridized carbons (Fsp3) is 0.609. The maximum Gasteiger partial charge on any atom is 0.238 e. The highest BCUT2D eigenvalue weighted by Crippen LogP contribution is 2.38. The molecule has 0 bridgehead atoms. The zero-order chi connectivity index (χ0) is 23.7. The minimum Gasteiger partial charge on any atom is -0.493 e. The van der Waals surface area contributed by atoms with Crippen molar-refractivity contribution >= 4 is 15.9 Å². The van der Waals surface area contributed by atoms with Crippen molar-refractivity contribution in [3.05, 3.63) is 17.7 Å². The molecular formula is C23H34N2O6S. The third-order valence-electron chi connectivity index (χ3n) is 5.04. The molecule has 9 heteroatoms. The van der Waals surface area contributed by atoms with E-state index in [0.717, 1.165) is 18.4 Å². The zero-order valence-corrected chi connectivity index (χ0v) is 20.3. The van der Waals surface area contributed by atoms with Crippen LogP contribution < -0.4 is 24.2 Å². The average Bonchev–Trinajstić information content (AvgIpc) is 3.59. The summed E-state index contributed by atoms with van der Waals surface area (Å²) < 4.78 is 42.9. The van der Waals surface area contributed by atoms with Gasteiger partial charge in [0.1, 0.15) is 12.6 Å². The molecule has 1 aromatic rings. The Morgan fingerprint density at radius 2 is 1.81 bits per heavy atom. The van der Waals surface area contributed by atoms with Gasteiger partial charge in [0.2, 0.25) is 21.7 Å². The van der Waals surface area contributed by atoms with Crippen LogP contribution in [-0.2, 0) is 21.2 Å². The van der Waals surface area contributed by atoms with Crippen LogP contribution in [0.5, 0.6) is 17.2 Å². The number of methoxy groups -OCH3 is 2. The van der Waals surface area contributed by atoms with E-state index in [1.807, 2.05) is 12.1 Å². The van der Waals surface area contributed by atoms with E-state index in [0.29, 0.717) is 36.1 Å². The number of amides is 1. The highest BCUT2D eigenvalue weighted by molar-refractivity contribution is 7.89. The van der Waals surface area contributed by atoms with E-state index < -0.39 is 16.1 Å². The number of nitrogens with one attached hydrogen (secondary N) is 2. The summed E-state index contributed by atoms with van der Waals surface area (Å²) in [6.45, 7) is 5.71. The first-order chi connectivity index (χ1) is 15.2. The Kier molecular flexibility index (Phi) is 9.66. The van der Waals surface area contributed by atoms with E-state index in [1.165, 1.54) is 6.92 Å². The molecule has 1 fully saturated rings. The standard InChI is InChI=1S/C23H34N2O6S/c1-6-32(27,28)25-21(16(2)3)23(26)24-12-11-18-14-19(29-4)22(20(15-18)30-5)31-13-7-8-17-9-10-17/h14-17,21,25H,6,9-13H2,1-5H3,(H,24,26). The number of benzene rings is 1. The molecule has 0 saturated heterocycles. The van der Waals surface area contributed by atoms with E-state index in [1.54, 1.807) is 28.1 Å². The van der Waals surface area contributed by atoms with Crippen molar-refractivity contribution < 1.29 is 27.4 Å². The molecular weight excluding hydrogens is 432 g/mol. The van der Waals surface area contributed by atoms with Gasteiger partial charge in [-0.3, -0.25) is 4.79 Å². The van der Waals surface area contributed by atoms with Crippen LogP contribution in [0.25, 0.3) is 0 Å². The number of hydrogen-bond acceptors (Lipinski definition) is 6. The van der Waals surface area contributed by atoms with Gasteiger partial charge >= 0.3 is 0 Å². The minimum absolute atomic E-state index is 0.0797. The molecule has 1 aromatic carbocycles. The van der Waals surface area contributed by atoms with Crippen LogP contribution in [0.2, 0.25) is 0 Å². The van der Waals surface area contributed by atoms with Crippen molar-refractivity contribution in [2.75, 3.05) is 33.1 Å². The third-order valence-corrected chi connectivity index (χ3v) is 6.41. The lowest BCUT2D eigenvalue weighted by Crippen LogP contribution is -2.50. The molecule has 1 atom stereocenters. The van der Waals surface area contributed by atoms with Crippen LogP contribution in [-0.4, -0.2) is 53.5 Å². The SMILES string of the molecule is CCS(=O)(=O)NC(C(=O)NCCc1cc(OC)c(OCC#CC2CC2)c(OC)c1)C(C)C. The molecule has 2 rings (SSSR count). The normalized spacial score (nSPS) is 14.3. The van der Waals surface area contributed by atoms with Crippen molar-refractivity contribution in [3.8, 4) is 29.1 Å². The number of hydrogen-bond donors (Lipinski definition) is 2. The highest BCUT2D eigenvalue weighted by atomic mass is 32.2. The molecule has 32 heavy (non-hydrogen) atoms. The van der Waals surface area contributed by atoms with Crippen LogP contribution in [0.4, 0.5) is 0 Å². The summed E-state index contributed by atoms with van der Waals surface area (Å²) in [7, 11) is -0.384. The smallest absolute Gasteiger partial charge is 0.238 e. The second-order valence-corrected chi connectivity index (χ2v) is 10.0. The summed E-state index contributed by atoms with van der Waals surface area (Å²) >= 11 is 0. The Bertz CT molecular complexity index is 920. The van der Waals surface area contributed by atoms with Gasteiger partial charge in [0.25, 0.3) is 0 Å². The molecule has 0 heterocycles. The van der Waals surface area contributed by atoms with Crippen LogP contribution >= 0.6 is 0 Å². The number of carbonyl (C=O) groups is 1. The Hall–Kier alpha value is -2.44. The van der Waals surface area contributed by atoms with Gasteiger partial charge in [-0.1, -0.05) is 25.7 Å². The van der Waals surface area contributed by atoms with E-state index in [4.69, 9.17) is 14.2 Å². The molecule has 178 valence electrons. The maximum absolute atomic E-state index is 12.5. The number of carbonyl (C=O) groups excluding carboxylic acids is 1. The molecule has 8 nitrogen and oxygen atoms in total. The van der Waals surface area contributed by atoms with Gasteiger partial charge in [-0.2, -0.15) is 0 Å². The third kappa shape index (κ3) is 7.92. The highest BCUT2D eigenvalue weighted by Gasteiger charge is 2.26. The molecule has 0 radical (unpaired) electrons. The Labute approximate surface area is 191 Å². The maximum atomic E-state index is 12.5. The number of rotatable bonds is 12. The van der Waals surface area contributed by atoms with E-state index in [2.05, 4.69) is 21.9 Å². The van der Waals surface area contributed by atoms with Gasteiger partial charge in [0.05, 0.1) is 20.0 Å². The Balaban J connectivity index is 2.00. The predicted molar refractivity (Wildman–Crippen MR) is 123 cm³/mol. The Morgan fingerprint density at radius 1 is 1.19 bits per heavy atom. The molecule has 1 aliphatic carbocycles. The molecule has 2 N–H and O–H groups in total.